The third-order valence-corrected chi connectivity index (χ3v) is 3.78. The first-order valence-corrected chi connectivity index (χ1v) is 7.47. The van der Waals surface area contributed by atoms with Gasteiger partial charge in [0.05, 0.1) is 6.54 Å². The van der Waals surface area contributed by atoms with Crippen molar-refractivity contribution in [3.63, 3.8) is 0 Å². The average molecular weight is 314 g/mol. The van der Waals surface area contributed by atoms with Crippen LogP contribution < -0.4 is 5.32 Å². The second-order valence-electron chi connectivity index (χ2n) is 5.00. The molecule has 1 atom stereocenters. The molecule has 3 rings (SSSR count). The summed E-state index contributed by atoms with van der Waals surface area (Å²) in [5.41, 5.74) is 1.99. The second-order valence-corrected chi connectivity index (χ2v) is 5.41. The third kappa shape index (κ3) is 3.35. The number of hydrogen-bond donors (Lipinski definition) is 1. The quantitative estimate of drug-likeness (QED) is 0.765. The van der Waals surface area contributed by atoms with Gasteiger partial charge in [0.15, 0.2) is 0 Å². The van der Waals surface area contributed by atoms with Gasteiger partial charge in [-0.2, -0.15) is 4.98 Å². The number of benzene rings is 2. The Kier molecular flexibility index (Phi) is 4.51. The van der Waals surface area contributed by atoms with Crippen LogP contribution in [0.15, 0.2) is 59.1 Å². The molecule has 0 aliphatic rings. The van der Waals surface area contributed by atoms with Gasteiger partial charge in [-0.3, -0.25) is 0 Å². The number of nitrogens with zero attached hydrogens (tertiary/aromatic N) is 2. The van der Waals surface area contributed by atoms with E-state index in [9.17, 15) is 0 Å². The van der Waals surface area contributed by atoms with Gasteiger partial charge in [0.1, 0.15) is 0 Å². The molecule has 1 heterocycles. The van der Waals surface area contributed by atoms with Crippen molar-refractivity contribution in [1.82, 2.24) is 15.5 Å². The van der Waals surface area contributed by atoms with Crippen molar-refractivity contribution in [2.45, 2.75) is 19.5 Å². The summed E-state index contributed by atoms with van der Waals surface area (Å²) < 4.78 is 5.28. The Hall–Kier alpha value is -2.17. The first-order chi connectivity index (χ1) is 10.7. The van der Waals surface area contributed by atoms with E-state index in [1.54, 1.807) is 0 Å². The van der Waals surface area contributed by atoms with Gasteiger partial charge in [-0.15, -0.1) is 0 Å². The zero-order chi connectivity index (χ0) is 15.4. The first kappa shape index (κ1) is 14.8. The number of halogens is 1. The highest BCUT2D eigenvalue weighted by Gasteiger charge is 2.12. The summed E-state index contributed by atoms with van der Waals surface area (Å²) in [7, 11) is 0. The molecule has 0 spiro atoms. The van der Waals surface area contributed by atoms with Crippen molar-refractivity contribution >= 4 is 11.6 Å². The van der Waals surface area contributed by atoms with E-state index in [2.05, 4.69) is 22.4 Å². The molecule has 0 aliphatic carbocycles. The zero-order valence-electron chi connectivity index (χ0n) is 12.2. The van der Waals surface area contributed by atoms with Crippen LogP contribution in [0.25, 0.3) is 11.4 Å². The minimum absolute atomic E-state index is 0.0979. The Balaban J connectivity index is 1.65. The van der Waals surface area contributed by atoms with Gasteiger partial charge in [-0.1, -0.05) is 65.3 Å². The minimum atomic E-state index is 0.0979. The van der Waals surface area contributed by atoms with Crippen LogP contribution in [0, 0.1) is 0 Å². The van der Waals surface area contributed by atoms with Crippen LogP contribution in [-0.4, -0.2) is 10.1 Å². The lowest BCUT2D eigenvalue weighted by Gasteiger charge is -2.13. The van der Waals surface area contributed by atoms with Crippen molar-refractivity contribution in [2.75, 3.05) is 0 Å². The molecule has 0 fully saturated rings. The van der Waals surface area contributed by atoms with Crippen LogP contribution in [0.1, 0.15) is 24.4 Å². The first-order valence-electron chi connectivity index (χ1n) is 7.10. The number of nitrogens with one attached hydrogen (secondary N) is 1. The highest BCUT2D eigenvalue weighted by molar-refractivity contribution is 6.31. The standard InChI is InChI=1S/C17H16ClN3O/c1-12(14-9-5-6-10-15(14)18)19-11-16-20-17(21-22-16)13-7-3-2-4-8-13/h2-10,12,19H,11H2,1H3/t12-/m1/s1. The van der Waals surface area contributed by atoms with Gasteiger partial charge in [0.2, 0.25) is 11.7 Å². The molecule has 0 saturated carbocycles. The lowest BCUT2D eigenvalue weighted by molar-refractivity contribution is 0.360. The van der Waals surface area contributed by atoms with Crippen molar-refractivity contribution in [3.05, 3.63) is 71.1 Å². The Morgan fingerprint density at radius 3 is 2.59 bits per heavy atom. The van der Waals surface area contributed by atoms with Gasteiger partial charge < -0.3 is 9.84 Å². The van der Waals surface area contributed by atoms with Gasteiger partial charge >= 0.3 is 0 Å². The maximum Gasteiger partial charge on any atom is 0.240 e. The summed E-state index contributed by atoms with van der Waals surface area (Å²) in [6.45, 7) is 2.54. The molecule has 22 heavy (non-hydrogen) atoms. The summed E-state index contributed by atoms with van der Waals surface area (Å²) >= 11 is 6.19. The molecule has 0 amide bonds. The molecule has 2 aromatic carbocycles. The molecular formula is C17H16ClN3O. The fourth-order valence-corrected chi connectivity index (χ4v) is 2.51. The molecule has 1 aromatic heterocycles. The SMILES string of the molecule is C[C@@H](NCc1nc(-c2ccccc2)no1)c1ccccc1Cl. The molecule has 0 radical (unpaired) electrons. The predicted octanol–water partition coefficient (Wildman–Crippen LogP) is 4.24. The van der Waals surface area contributed by atoms with E-state index in [4.69, 9.17) is 16.1 Å². The highest BCUT2D eigenvalue weighted by atomic mass is 35.5. The van der Waals surface area contributed by atoms with E-state index in [1.165, 1.54) is 0 Å². The maximum absolute atomic E-state index is 6.19. The van der Waals surface area contributed by atoms with Crippen LogP contribution >= 0.6 is 11.6 Å². The summed E-state index contributed by atoms with van der Waals surface area (Å²) in [5, 5.41) is 8.09. The summed E-state index contributed by atoms with van der Waals surface area (Å²) in [5.74, 6) is 1.15. The van der Waals surface area contributed by atoms with E-state index in [0.29, 0.717) is 18.3 Å². The molecule has 5 heteroatoms. The molecule has 1 N–H and O–H groups in total. The number of rotatable bonds is 5. The molecule has 0 aliphatic heterocycles. The van der Waals surface area contributed by atoms with E-state index in [-0.39, 0.29) is 6.04 Å². The third-order valence-electron chi connectivity index (χ3n) is 3.43. The number of hydrogen-bond acceptors (Lipinski definition) is 4. The highest BCUT2D eigenvalue weighted by Crippen LogP contribution is 2.22. The largest absolute Gasteiger partial charge is 0.338 e. The number of aromatic nitrogens is 2. The average Bonchev–Trinajstić information content (AvgIpc) is 3.03. The van der Waals surface area contributed by atoms with Gasteiger partial charge in [-0.25, -0.2) is 0 Å². The molecule has 0 unspecified atom stereocenters. The maximum atomic E-state index is 6.19. The van der Waals surface area contributed by atoms with E-state index < -0.39 is 0 Å². The van der Waals surface area contributed by atoms with E-state index in [0.717, 1.165) is 16.1 Å². The van der Waals surface area contributed by atoms with E-state index >= 15 is 0 Å². The van der Waals surface area contributed by atoms with Crippen LogP contribution in [0.4, 0.5) is 0 Å². The molecule has 0 bridgehead atoms. The fourth-order valence-electron chi connectivity index (χ4n) is 2.21. The molecule has 4 nitrogen and oxygen atoms in total. The summed E-state index contributed by atoms with van der Waals surface area (Å²) in [6.07, 6.45) is 0. The second kappa shape index (κ2) is 6.73. The van der Waals surface area contributed by atoms with Gasteiger partial charge in [0.25, 0.3) is 0 Å². The van der Waals surface area contributed by atoms with Crippen LogP contribution in [-0.2, 0) is 6.54 Å². The van der Waals surface area contributed by atoms with E-state index in [1.807, 2.05) is 54.6 Å². The molecular weight excluding hydrogens is 298 g/mol. The zero-order valence-corrected chi connectivity index (χ0v) is 12.9. The van der Waals surface area contributed by atoms with Crippen molar-refractivity contribution in [2.24, 2.45) is 0 Å². The fraction of sp³-hybridized carbons (Fsp3) is 0.176. The lowest BCUT2D eigenvalue weighted by Crippen LogP contribution is -2.18. The monoisotopic (exact) mass is 313 g/mol. The Labute approximate surface area is 134 Å². The van der Waals surface area contributed by atoms with Crippen LogP contribution in [0.3, 0.4) is 0 Å². The topological polar surface area (TPSA) is 51.0 Å². The Bertz CT molecular complexity index is 742. The van der Waals surface area contributed by atoms with Crippen molar-refractivity contribution in [3.8, 4) is 11.4 Å². The lowest BCUT2D eigenvalue weighted by atomic mass is 10.1. The molecule has 112 valence electrons. The van der Waals surface area contributed by atoms with Gasteiger partial charge in [-0.05, 0) is 18.6 Å². The molecule has 3 aromatic rings. The summed E-state index contributed by atoms with van der Waals surface area (Å²) in [4.78, 5) is 4.40. The minimum Gasteiger partial charge on any atom is -0.338 e. The predicted molar refractivity (Wildman–Crippen MR) is 86.4 cm³/mol. The Morgan fingerprint density at radius 2 is 1.82 bits per heavy atom. The van der Waals surface area contributed by atoms with Crippen molar-refractivity contribution < 1.29 is 4.52 Å². The van der Waals surface area contributed by atoms with Crippen molar-refractivity contribution in [1.29, 1.82) is 0 Å². The smallest absolute Gasteiger partial charge is 0.240 e. The normalized spacial score (nSPS) is 12.3. The molecule has 0 saturated heterocycles. The van der Waals surface area contributed by atoms with Crippen LogP contribution in [0.2, 0.25) is 5.02 Å². The van der Waals surface area contributed by atoms with Crippen LogP contribution in [0.5, 0.6) is 0 Å². The van der Waals surface area contributed by atoms with Gasteiger partial charge in [0, 0.05) is 16.6 Å². The Morgan fingerprint density at radius 1 is 1.09 bits per heavy atom. The summed E-state index contributed by atoms with van der Waals surface area (Å²) in [6, 6.07) is 17.6.